The molecule has 4 nitrogen and oxygen atoms in total. The number of piperidine rings is 1. The van der Waals surface area contributed by atoms with Gasteiger partial charge in [0.15, 0.2) is 5.76 Å². The van der Waals surface area contributed by atoms with Crippen molar-refractivity contribution in [2.45, 2.75) is 38.3 Å². The van der Waals surface area contributed by atoms with Crippen molar-refractivity contribution in [3.63, 3.8) is 0 Å². The van der Waals surface area contributed by atoms with Crippen LogP contribution in [0.2, 0.25) is 0 Å². The molecule has 0 aromatic heterocycles. The van der Waals surface area contributed by atoms with E-state index in [4.69, 9.17) is 4.74 Å². The van der Waals surface area contributed by atoms with Gasteiger partial charge in [-0.1, -0.05) is 30.3 Å². The molecule has 2 aliphatic rings. The van der Waals surface area contributed by atoms with Crippen molar-refractivity contribution in [1.29, 1.82) is 0 Å². The highest BCUT2D eigenvalue weighted by molar-refractivity contribution is 5.91. The van der Waals surface area contributed by atoms with Crippen LogP contribution in [0, 0.1) is 0 Å². The zero-order chi connectivity index (χ0) is 16.1. The molecule has 124 valence electrons. The topological polar surface area (TPSA) is 32.8 Å². The summed E-state index contributed by atoms with van der Waals surface area (Å²) in [5.41, 5.74) is 1.18. The first-order valence-electron chi connectivity index (χ1n) is 8.60. The second-order valence-corrected chi connectivity index (χ2v) is 6.51. The summed E-state index contributed by atoms with van der Waals surface area (Å²) in [5.74, 6) is 0.606. The lowest BCUT2D eigenvalue weighted by Gasteiger charge is -2.38. The number of nitrogens with zero attached hydrogens (tertiary/aromatic N) is 2. The lowest BCUT2D eigenvalue weighted by Crippen LogP contribution is -2.47. The van der Waals surface area contributed by atoms with Gasteiger partial charge in [0.1, 0.15) is 0 Å². The van der Waals surface area contributed by atoms with Crippen LogP contribution in [-0.2, 0) is 16.1 Å². The number of rotatable bonds is 4. The summed E-state index contributed by atoms with van der Waals surface area (Å²) in [6.07, 6.45) is 5.96. The number of carbonyl (C=O) groups is 1. The first-order chi connectivity index (χ1) is 11.2. The molecular weight excluding hydrogens is 288 g/mol. The second kappa shape index (κ2) is 7.64. The maximum absolute atomic E-state index is 13.0. The quantitative estimate of drug-likeness (QED) is 0.857. The van der Waals surface area contributed by atoms with Gasteiger partial charge < -0.3 is 14.5 Å². The molecular formula is C19H26N2O2. The molecule has 0 bridgehead atoms. The van der Waals surface area contributed by atoms with Crippen LogP contribution in [0.1, 0.15) is 31.2 Å². The van der Waals surface area contributed by atoms with Gasteiger partial charge >= 0.3 is 0 Å². The van der Waals surface area contributed by atoms with Gasteiger partial charge in [-0.05, 0) is 57.5 Å². The van der Waals surface area contributed by atoms with Crippen LogP contribution in [-0.4, -0.2) is 48.5 Å². The molecule has 4 heteroatoms. The van der Waals surface area contributed by atoms with E-state index in [1.807, 2.05) is 29.2 Å². The Morgan fingerprint density at radius 3 is 2.65 bits per heavy atom. The van der Waals surface area contributed by atoms with Crippen LogP contribution >= 0.6 is 0 Å². The van der Waals surface area contributed by atoms with E-state index in [1.54, 1.807) is 0 Å². The van der Waals surface area contributed by atoms with Crippen molar-refractivity contribution >= 4 is 5.91 Å². The van der Waals surface area contributed by atoms with Crippen LogP contribution in [0.25, 0.3) is 0 Å². The van der Waals surface area contributed by atoms with Gasteiger partial charge in [0.05, 0.1) is 6.61 Å². The van der Waals surface area contributed by atoms with Crippen molar-refractivity contribution in [1.82, 2.24) is 9.80 Å². The lowest BCUT2D eigenvalue weighted by atomic mass is 10.0. The Hall–Kier alpha value is -1.81. The number of ether oxygens (including phenoxy) is 1. The number of benzene rings is 1. The molecule has 2 heterocycles. The molecule has 0 N–H and O–H groups in total. The van der Waals surface area contributed by atoms with E-state index in [0.717, 1.165) is 38.8 Å². The minimum absolute atomic E-state index is 0.0584. The van der Waals surface area contributed by atoms with Gasteiger partial charge in [0, 0.05) is 12.6 Å². The molecule has 0 radical (unpaired) electrons. The van der Waals surface area contributed by atoms with E-state index in [1.165, 1.54) is 5.56 Å². The third kappa shape index (κ3) is 4.14. The fourth-order valence-corrected chi connectivity index (χ4v) is 3.30. The Morgan fingerprint density at radius 1 is 1.26 bits per heavy atom. The van der Waals surface area contributed by atoms with Crippen molar-refractivity contribution in [2.24, 2.45) is 0 Å². The van der Waals surface area contributed by atoms with Crippen molar-refractivity contribution in [3.8, 4) is 0 Å². The predicted octanol–water partition coefficient (Wildman–Crippen LogP) is 2.80. The van der Waals surface area contributed by atoms with E-state index in [0.29, 0.717) is 25.0 Å². The first kappa shape index (κ1) is 16.1. The molecule has 1 aromatic carbocycles. The highest BCUT2D eigenvalue weighted by atomic mass is 16.5. The third-order valence-corrected chi connectivity index (χ3v) is 4.73. The van der Waals surface area contributed by atoms with Gasteiger partial charge in [-0.2, -0.15) is 0 Å². The molecule has 1 amide bonds. The summed E-state index contributed by atoms with van der Waals surface area (Å²) in [7, 11) is 2.15. The fourth-order valence-electron chi connectivity index (χ4n) is 3.30. The van der Waals surface area contributed by atoms with E-state index in [2.05, 4.69) is 24.1 Å². The van der Waals surface area contributed by atoms with Crippen molar-refractivity contribution in [3.05, 3.63) is 47.7 Å². The number of carbonyl (C=O) groups excluding carboxylic acids is 1. The van der Waals surface area contributed by atoms with Gasteiger partial charge in [-0.25, -0.2) is 0 Å². The molecule has 0 aliphatic carbocycles. The number of hydrogen-bond donors (Lipinski definition) is 0. The summed E-state index contributed by atoms with van der Waals surface area (Å²) in [6.45, 7) is 3.41. The Labute approximate surface area is 138 Å². The second-order valence-electron chi connectivity index (χ2n) is 6.51. The summed E-state index contributed by atoms with van der Waals surface area (Å²) in [6, 6.07) is 10.5. The molecule has 2 aliphatic heterocycles. The molecule has 1 saturated heterocycles. The lowest BCUT2D eigenvalue weighted by molar-refractivity contribution is -0.135. The number of amides is 1. The number of allylic oxidation sites excluding steroid dienone is 1. The Morgan fingerprint density at radius 2 is 2.00 bits per heavy atom. The zero-order valence-electron chi connectivity index (χ0n) is 13.9. The van der Waals surface area contributed by atoms with E-state index in [9.17, 15) is 4.79 Å². The smallest absolute Gasteiger partial charge is 0.289 e. The first-order valence-corrected chi connectivity index (χ1v) is 8.60. The van der Waals surface area contributed by atoms with Crippen LogP contribution in [0.4, 0.5) is 0 Å². The van der Waals surface area contributed by atoms with Crippen LogP contribution in [0.5, 0.6) is 0 Å². The minimum atomic E-state index is 0.0584. The predicted molar refractivity (Wildman–Crippen MR) is 90.8 cm³/mol. The average Bonchev–Trinajstić information content (AvgIpc) is 2.62. The summed E-state index contributed by atoms with van der Waals surface area (Å²) >= 11 is 0. The van der Waals surface area contributed by atoms with Crippen molar-refractivity contribution in [2.75, 3.05) is 26.7 Å². The SMILES string of the molecule is CN1CCC(N(Cc2ccccc2)C(=O)C2=CCCCO2)CC1. The fraction of sp³-hybridized carbons (Fsp3) is 0.526. The maximum atomic E-state index is 13.0. The Balaban J connectivity index is 1.77. The van der Waals surface area contributed by atoms with Crippen LogP contribution in [0.3, 0.4) is 0 Å². The third-order valence-electron chi connectivity index (χ3n) is 4.73. The maximum Gasteiger partial charge on any atom is 0.289 e. The van der Waals surface area contributed by atoms with Gasteiger partial charge in [0.2, 0.25) is 0 Å². The van der Waals surface area contributed by atoms with Gasteiger partial charge in [-0.3, -0.25) is 4.79 Å². The van der Waals surface area contributed by atoms with Gasteiger partial charge in [-0.15, -0.1) is 0 Å². The molecule has 0 unspecified atom stereocenters. The molecule has 0 saturated carbocycles. The van der Waals surface area contributed by atoms with Gasteiger partial charge in [0.25, 0.3) is 5.91 Å². The van der Waals surface area contributed by atoms with Crippen molar-refractivity contribution < 1.29 is 9.53 Å². The molecule has 1 aromatic rings. The largest absolute Gasteiger partial charge is 0.488 e. The monoisotopic (exact) mass is 314 g/mol. The standard InChI is InChI=1S/C19H26N2O2/c1-20-12-10-17(11-13-20)21(15-16-7-3-2-4-8-16)19(22)18-9-5-6-14-23-18/h2-4,7-9,17H,5-6,10-15H2,1H3. The summed E-state index contributed by atoms with van der Waals surface area (Å²) < 4.78 is 5.63. The zero-order valence-corrected chi connectivity index (χ0v) is 13.9. The summed E-state index contributed by atoms with van der Waals surface area (Å²) in [5, 5.41) is 0. The minimum Gasteiger partial charge on any atom is -0.488 e. The number of likely N-dealkylation sites (tertiary alicyclic amines) is 1. The Kier molecular flexibility index (Phi) is 5.34. The van der Waals surface area contributed by atoms with E-state index < -0.39 is 0 Å². The highest BCUT2D eigenvalue weighted by Gasteiger charge is 2.30. The molecule has 1 fully saturated rings. The average molecular weight is 314 g/mol. The van der Waals surface area contributed by atoms with E-state index in [-0.39, 0.29) is 5.91 Å². The van der Waals surface area contributed by atoms with E-state index >= 15 is 0 Å². The molecule has 23 heavy (non-hydrogen) atoms. The van der Waals surface area contributed by atoms with Crippen LogP contribution < -0.4 is 0 Å². The number of hydrogen-bond acceptors (Lipinski definition) is 3. The van der Waals surface area contributed by atoms with Crippen LogP contribution in [0.15, 0.2) is 42.2 Å². The molecule has 3 rings (SSSR count). The normalized spacial score (nSPS) is 19.8. The molecule has 0 spiro atoms. The Bertz CT molecular complexity index is 548. The molecule has 0 atom stereocenters. The summed E-state index contributed by atoms with van der Waals surface area (Å²) in [4.78, 5) is 17.4. The highest BCUT2D eigenvalue weighted by Crippen LogP contribution is 2.22.